The van der Waals surface area contributed by atoms with E-state index in [1.165, 1.54) is 0 Å². The van der Waals surface area contributed by atoms with Gasteiger partial charge in [0.05, 0.1) is 23.2 Å². The number of hydrogen-bond acceptors (Lipinski definition) is 4. The molecule has 1 spiro atoms. The first-order valence-corrected chi connectivity index (χ1v) is 9.56. The molecule has 1 fully saturated rings. The lowest BCUT2D eigenvalue weighted by Crippen LogP contribution is -2.48. The molecule has 28 heavy (non-hydrogen) atoms. The molecule has 0 saturated carbocycles. The number of piperidine rings is 1. The third-order valence-electron chi connectivity index (χ3n) is 5.76. The zero-order chi connectivity index (χ0) is 19.3. The first kappa shape index (κ1) is 16.9. The molecule has 0 radical (unpaired) electrons. The molecular weight excluding hydrogens is 352 g/mol. The number of rotatable bonds is 1. The number of aryl methyl sites for hydroxylation is 1. The molecule has 5 heteroatoms. The second kappa shape index (κ2) is 6.16. The molecule has 1 saturated heterocycles. The minimum Gasteiger partial charge on any atom is -0.449 e. The molecule has 1 unspecified atom stereocenters. The zero-order valence-corrected chi connectivity index (χ0v) is 15.6. The second-order valence-corrected chi connectivity index (χ2v) is 7.59. The van der Waals surface area contributed by atoms with E-state index in [0.29, 0.717) is 24.2 Å². The summed E-state index contributed by atoms with van der Waals surface area (Å²) in [5.74, 6) is -0.365. The SMILES string of the molecule is Cc1ccc2cccc(C(=O)N3CCCC4(C3)OC(=O)c3ccccc34)c2n1. The lowest BCUT2D eigenvalue weighted by Gasteiger charge is -2.39. The molecule has 1 aromatic heterocycles. The summed E-state index contributed by atoms with van der Waals surface area (Å²) in [5.41, 5.74) is 2.95. The molecule has 1 atom stereocenters. The normalized spacial score (nSPS) is 21.0. The van der Waals surface area contributed by atoms with Gasteiger partial charge in [-0.2, -0.15) is 0 Å². The van der Waals surface area contributed by atoms with Crippen molar-refractivity contribution in [2.24, 2.45) is 0 Å². The van der Waals surface area contributed by atoms with Gasteiger partial charge in [0.1, 0.15) is 0 Å². The molecule has 140 valence electrons. The molecule has 0 N–H and O–H groups in total. The van der Waals surface area contributed by atoms with E-state index >= 15 is 0 Å². The Kier molecular flexibility index (Phi) is 3.72. The molecule has 3 heterocycles. The standard InChI is InChI=1S/C23H20N2O3/c1-15-10-11-16-6-4-8-18(20(16)24-15)21(26)25-13-5-12-23(14-25)19-9-3-2-7-17(19)22(27)28-23/h2-4,6-11H,5,12-14H2,1H3. The Labute approximate surface area is 162 Å². The monoisotopic (exact) mass is 372 g/mol. The van der Waals surface area contributed by atoms with Gasteiger partial charge < -0.3 is 9.64 Å². The average molecular weight is 372 g/mol. The van der Waals surface area contributed by atoms with Crippen LogP contribution >= 0.6 is 0 Å². The van der Waals surface area contributed by atoms with Gasteiger partial charge in [0.2, 0.25) is 0 Å². The van der Waals surface area contributed by atoms with Crippen LogP contribution in [0.15, 0.2) is 54.6 Å². The Morgan fingerprint density at radius 2 is 1.96 bits per heavy atom. The highest BCUT2D eigenvalue weighted by atomic mass is 16.6. The molecular formula is C23H20N2O3. The highest BCUT2D eigenvalue weighted by molar-refractivity contribution is 6.05. The number of carbonyl (C=O) groups is 2. The van der Waals surface area contributed by atoms with Crippen LogP contribution in [-0.4, -0.2) is 34.8 Å². The average Bonchev–Trinajstić information content (AvgIpc) is 2.98. The van der Waals surface area contributed by atoms with Gasteiger partial charge in [-0.1, -0.05) is 36.4 Å². The van der Waals surface area contributed by atoms with Crippen molar-refractivity contribution in [3.05, 3.63) is 77.0 Å². The van der Waals surface area contributed by atoms with Gasteiger partial charge in [-0.05, 0) is 38.0 Å². The highest BCUT2D eigenvalue weighted by Crippen LogP contribution is 2.43. The Balaban J connectivity index is 1.53. The Hall–Kier alpha value is -3.21. The van der Waals surface area contributed by atoms with Crippen molar-refractivity contribution < 1.29 is 14.3 Å². The van der Waals surface area contributed by atoms with Crippen LogP contribution in [-0.2, 0) is 10.3 Å². The quantitative estimate of drug-likeness (QED) is 0.609. The minimum absolute atomic E-state index is 0.0665. The third kappa shape index (κ3) is 2.50. The van der Waals surface area contributed by atoms with Crippen LogP contribution in [0.5, 0.6) is 0 Å². The molecule has 0 aliphatic carbocycles. The van der Waals surface area contributed by atoms with Gasteiger partial charge in [-0.25, -0.2) is 4.79 Å². The fraction of sp³-hybridized carbons (Fsp3) is 0.261. The van der Waals surface area contributed by atoms with Crippen LogP contribution in [0.2, 0.25) is 0 Å². The summed E-state index contributed by atoms with van der Waals surface area (Å²) in [6.07, 6.45) is 1.51. The number of ether oxygens (including phenoxy) is 1. The van der Waals surface area contributed by atoms with Crippen LogP contribution in [0.1, 0.15) is 44.8 Å². The summed E-state index contributed by atoms with van der Waals surface area (Å²) in [7, 11) is 0. The van der Waals surface area contributed by atoms with E-state index in [1.54, 1.807) is 11.0 Å². The van der Waals surface area contributed by atoms with E-state index in [9.17, 15) is 9.59 Å². The fourth-order valence-electron chi connectivity index (χ4n) is 4.43. The summed E-state index contributed by atoms with van der Waals surface area (Å²) in [4.78, 5) is 32.2. The van der Waals surface area contributed by atoms with Gasteiger partial charge in [-0.15, -0.1) is 0 Å². The number of likely N-dealkylation sites (tertiary alicyclic amines) is 1. The summed E-state index contributed by atoms with van der Waals surface area (Å²) >= 11 is 0. The van der Waals surface area contributed by atoms with Gasteiger partial charge in [-0.3, -0.25) is 9.78 Å². The van der Waals surface area contributed by atoms with E-state index in [-0.39, 0.29) is 11.9 Å². The predicted molar refractivity (Wildman–Crippen MR) is 105 cm³/mol. The van der Waals surface area contributed by atoms with Gasteiger partial charge in [0.15, 0.2) is 5.60 Å². The number of benzene rings is 2. The third-order valence-corrected chi connectivity index (χ3v) is 5.76. The summed E-state index contributed by atoms with van der Waals surface area (Å²) < 4.78 is 5.83. The van der Waals surface area contributed by atoms with E-state index in [2.05, 4.69) is 4.98 Å². The lowest BCUT2D eigenvalue weighted by molar-refractivity contribution is -0.0442. The Bertz CT molecular complexity index is 1120. The van der Waals surface area contributed by atoms with E-state index in [4.69, 9.17) is 4.74 Å². The number of carbonyl (C=O) groups excluding carboxylic acids is 2. The number of fused-ring (bicyclic) bond motifs is 3. The topological polar surface area (TPSA) is 59.5 Å². The molecule has 0 bridgehead atoms. The number of hydrogen-bond donors (Lipinski definition) is 0. The van der Waals surface area contributed by atoms with Crippen molar-refractivity contribution in [2.75, 3.05) is 13.1 Å². The molecule has 1 amide bonds. The fourth-order valence-corrected chi connectivity index (χ4v) is 4.43. The number of aromatic nitrogens is 1. The summed E-state index contributed by atoms with van der Waals surface area (Å²) in [6, 6.07) is 17.1. The number of pyridine rings is 1. The van der Waals surface area contributed by atoms with Gasteiger partial charge >= 0.3 is 5.97 Å². The van der Waals surface area contributed by atoms with Crippen molar-refractivity contribution in [1.29, 1.82) is 0 Å². The maximum Gasteiger partial charge on any atom is 0.339 e. The van der Waals surface area contributed by atoms with E-state index in [0.717, 1.165) is 35.0 Å². The maximum atomic E-state index is 13.4. The first-order valence-electron chi connectivity index (χ1n) is 9.56. The van der Waals surface area contributed by atoms with Crippen molar-refractivity contribution >= 4 is 22.8 Å². The van der Waals surface area contributed by atoms with Crippen molar-refractivity contribution in [3.63, 3.8) is 0 Å². The van der Waals surface area contributed by atoms with Crippen LogP contribution in [0, 0.1) is 6.92 Å². The predicted octanol–water partition coefficient (Wildman–Crippen LogP) is 3.85. The smallest absolute Gasteiger partial charge is 0.339 e. The first-order chi connectivity index (χ1) is 13.6. The summed E-state index contributed by atoms with van der Waals surface area (Å²) in [6.45, 7) is 2.94. The van der Waals surface area contributed by atoms with Crippen molar-refractivity contribution in [2.45, 2.75) is 25.4 Å². The Morgan fingerprint density at radius 3 is 2.86 bits per heavy atom. The largest absolute Gasteiger partial charge is 0.449 e. The number of amides is 1. The zero-order valence-electron chi connectivity index (χ0n) is 15.6. The van der Waals surface area contributed by atoms with Crippen LogP contribution in [0.3, 0.4) is 0 Å². The van der Waals surface area contributed by atoms with E-state index < -0.39 is 5.60 Å². The van der Waals surface area contributed by atoms with Crippen LogP contribution < -0.4 is 0 Å². The molecule has 5 rings (SSSR count). The second-order valence-electron chi connectivity index (χ2n) is 7.59. The summed E-state index contributed by atoms with van der Waals surface area (Å²) in [5, 5.41) is 0.945. The maximum absolute atomic E-state index is 13.4. The van der Waals surface area contributed by atoms with Crippen LogP contribution in [0.4, 0.5) is 0 Å². The number of nitrogens with zero attached hydrogens (tertiary/aromatic N) is 2. The molecule has 2 aromatic carbocycles. The Morgan fingerprint density at radius 1 is 1.11 bits per heavy atom. The number of para-hydroxylation sites is 1. The van der Waals surface area contributed by atoms with Gasteiger partial charge in [0.25, 0.3) is 5.91 Å². The molecule has 2 aliphatic rings. The highest BCUT2D eigenvalue weighted by Gasteiger charge is 2.48. The molecule has 3 aromatic rings. The van der Waals surface area contributed by atoms with Crippen LogP contribution in [0.25, 0.3) is 10.9 Å². The lowest BCUT2D eigenvalue weighted by atomic mass is 9.84. The minimum atomic E-state index is -0.741. The van der Waals surface area contributed by atoms with Gasteiger partial charge in [0, 0.05) is 23.2 Å². The molecule has 2 aliphatic heterocycles. The number of esters is 1. The van der Waals surface area contributed by atoms with Crippen molar-refractivity contribution in [3.8, 4) is 0 Å². The van der Waals surface area contributed by atoms with Crippen molar-refractivity contribution in [1.82, 2.24) is 9.88 Å². The van der Waals surface area contributed by atoms with E-state index in [1.807, 2.05) is 55.5 Å². The molecule has 5 nitrogen and oxygen atoms in total.